The van der Waals surface area contributed by atoms with Crippen molar-refractivity contribution in [2.24, 2.45) is 0 Å². The molecule has 0 aliphatic rings. The van der Waals surface area contributed by atoms with Crippen molar-refractivity contribution in [2.75, 3.05) is 5.32 Å². The molecule has 0 aromatic heterocycles. The van der Waals surface area contributed by atoms with E-state index in [1.54, 1.807) is 12.1 Å². The van der Waals surface area contributed by atoms with Crippen molar-refractivity contribution in [3.05, 3.63) is 64.2 Å². The number of nitrogens with one attached hydrogen (secondary N) is 1. The Bertz CT molecular complexity index is 597. The first-order chi connectivity index (χ1) is 9.22. The van der Waals surface area contributed by atoms with Crippen LogP contribution in [0.25, 0.3) is 0 Å². The maximum absolute atomic E-state index is 8.79. The average molecular weight is 271 g/mol. The molecule has 96 valence electrons. The van der Waals surface area contributed by atoms with Gasteiger partial charge in [-0.15, -0.1) is 0 Å². The van der Waals surface area contributed by atoms with E-state index in [4.69, 9.17) is 16.9 Å². The Kier molecular flexibility index (Phi) is 4.43. The number of halogens is 1. The van der Waals surface area contributed by atoms with Gasteiger partial charge in [0.15, 0.2) is 0 Å². The van der Waals surface area contributed by atoms with Crippen LogP contribution in [0.1, 0.15) is 23.6 Å². The maximum Gasteiger partial charge on any atom is 0.0992 e. The zero-order valence-electron chi connectivity index (χ0n) is 10.8. The van der Waals surface area contributed by atoms with Gasteiger partial charge in [0.2, 0.25) is 0 Å². The highest BCUT2D eigenvalue weighted by Crippen LogP contribution is 2.19. The average Bonchev–Trinajstić information content (AvgIpc) is 2.46. The summed E-state index contributed by atoms with van der Waals surface area (Å²) in [5, 5.41) is 12.7. The molecule has 0 atom stereocenters. The summed E-state index contributed by atoms with van der Waals surface area (Å²) in [5.74, 6) is 0. The van der Waals surface area contributed by atoms with Crippen LogP contribution in [0.15, 0.2) is 42.5 Å². The molecule has 2 aromatic carbocycles. The van der Waals surface area contributed by atoms with Crippen LogP contribution in [-0.2, 0) is 13.0 Å². The van der Waals surface area contributed by atoms with E-state index in [1.807, 2.05) is 6.07 Å². The van der Waals surface area contributed by atoms with Crippen LogP contribution in [0.2, 0.25) is 5.02 Å². The van der Waals surface area contributed by atoms with Gasteiger partial charge in [0.25, 0.3) is 0 Å². The number of nitriles is 1. The summed E-state index contributed by atoms with van der Waals surface area (Å²) in [6.07, 6.45) is 1.04. The highest BCUT2D eigenvalue weighted by atomic mass is 35.5. The summed E-state index contributed by atoms with van der Waals surface area (Å²) < 4.78 is 0. The van der Waals surface area contributed by atoms with E-state index in [0.717, 1.165) is 17.7 Å². The van der Waals surface area contributed by atoms with Crippen LogP contribution in [0.5, 0.6) is 0 Å². The summed E-state index contributed by atoms with van der Waals surface area (Å²) in [4.78, 5) is 0. The topological polar surface area (TPSA) is 35.8 Å². The van der Waals surface area contributed by atoms with Gasteiger partial charge in [-0.05, 0) is 41.8 Å². The standard InChI is InChI=1S/C16H15ClN2/c1-2-12-4-7-15(8-5-12)19-11-14-6-3-13(10-18)9-16(14)17/h3-9,19H,2,11H2,1H3. The monoisotopic (exact) mass is 270 g/mol. The largest absolute Gasteiger partial charge is 0.381 e. The minimum atomic E-state index is 0.584. The molecule has 2 nitrogen and oxygen atoms in total. The molecule has 0 heterocycles. The fraction of sp³-hybridized carbons (Fsp3) is 0.188. The van der Waals surface area contributed by atoms with E-state index in [1.165, 1.54) is 5.56 Å². The third kappa shape index (κ3) is 3.49. The summed E-state index contributed by atoms with van der Waals surface area (Å²) in [7, 11) is 0. The Morgan fingerprint density at radius 3 is 2.47 bits per heavy atom. The van der Waals surface area contributed by atoms with Gasteiger partial charge >= 0.3 is 0 Å². The SMILES string of the molecule is CCc1ccc(NCc2ccc(C#N)cc2Cl)cc1. The summed E-state index contributed by atoms with van der Waals surface area (Å²) >= 11 is 6.13. The van der Waals surface area contributed by atoms with Crippen molar-refractivity contribution < 1.29 is 0 Å². The lowest BCUT2D eigenvalue weighted by Crippen LogP contribution is -2.00. The summed E-state index contributed by atoms with van der Waals surface area (Å²) in [6.45, 7) is 2.79. The number of hydrogen-bond acceptors (Lipinski definition) is 2. The zero-order valence-corrected chi connectivity index (χ0v) is 11.5. The fourth-order valence-corrected chi connectivity index (χ4v) is 2.06. The quantitative estimate of drug-likeness (QED) is 0.895. The van der Waals surface area contributed by atoms with Gasteiger partial charge in [-0.3, -0.25) is 0 Å². The van der Waals surface area contributed by atoms with Crippen molar-refractivity contribution in [3.8, 4) is 6.07 Å². The second-order valence-corrected chi connectivity index (χ2v) is 4.73. The van der Waals surface area contributed by atoms with Crippen LogP contribution in [0.4, 0.5) is 5.69 Å². The van der Waals surface area contributed by atoms with Gasteiger partial charge in [-0.2, -0.15) is 5.26 Å². The Morgan fingerprint density at radius 2 is 1.89 bits per heavy atom. The number of benzene rings is 2. The van der Waals surface area contributed by atoms with Crippen LogP contribution < -0.4 is 5.32 Å². The van der Waals surface area contributed by atoms with Gasteiger partial charge in [0.1, 0.15) is 0 Å². The predicted octanol–water partition coefficient (Wildman–Crippen LogP) is 4.39. The van der Waals surface area contributed by atoms with Gasteiger partial charge in [0, 0.05) is 17.3 Å². The molecule has 1 N–H and O–H groups in total. The van der Waals surface area contributed by atoms with Crippen molar-refractivity contribution >= 4 is 17.3 Å². The van der Waals surface area contributed by atoms with Crippen molar-refractivity contribution in [1.82, 2.24) is 0 Å². The Hall–Kier alpha value is -1.98. The van der Waals surface area contributed by atoms with Crippen LogP contribution in [-0.4, -0.2) is 0 Å². The lowest BCUT2D eigenvalue weighted by atomic mass is 10.1. The molecule has 0 aliphatic carbocycles. The Morgan fingerprint density at radius 1 is 1.16 bits per heavy atom. The minimum Gasteiger partial charge on any atom is -0.381 e. The normalized spacial score (nSPS) is 9.95. The van der Waals surface area contributed by atoms with Crippen LogP contribution in [0, 0.1) is 11.3 Å². The van der Waals surface area contributed by atoms with E-state index in [-0.39, 0.29) is 0 Å². The first-order valence-corrected chi connectivity index (χ1v) is 6.62. The molecular formula is C16H15ClN2. The Labute approximate surface area is 118 Å². The predicted molar refractivity (Wildman–Crippen MR) is 79.3 cm³/mol. The molecule has 2 rings (SSSR count). The smallest absolute Gasteiger partial charge is 0.0992 e. The first-order valence-electron chi connectivity index (χ1n) is 6.24. The van der Waals surface area contributed by atoms with Gasteiger partial charge in [0.05, 0.1) is 11.6 Å². The van der Waals surface area contributed by atoms with E-state index in [9.17, 15) is 0 Å². The van der Waals surface area contributed by atoms with Crippen LogP contribution >= 0.6 is 11.6 Å². The second kappa shape index (κ2) is 6.26. The minimum absolute atomic E-state index is 0.584. The molecule has 2 aromatic rings. The summed E-state index contributed by atoms with van der Waals surface area (Å²) in [6, 6.07) is 15.8. The van der Waals surface area contributed by atoms with Gasteiger partial charge < -0.3 is 5.32 Å². The third-order valence-electron chi connectivity index (χ3n) is 3.03. The van der Waals surface area contributed by atoms with Crippen molar-refractivity contribution in [3.63, 3.8) is 0 Å². The highest BCUT2D eigenvalue weighted by molar-refractivity contribution is 6.31. The van der Waals surface area contributed by atoms with Crippen LogP contribution in [0.3, 0.4) is 0 Å². The van der Waals surface area contributed by atoms with Crippen molar-refractivity contribution in [2.45, 2.75) is 19.9 Å². The van der Waals surface area contributed by atoms with E-state index in [0.29, 0.717) is 17.1 Å². The fourth-order valence-electron chi connectivity index (χ4n) is 1.82. The molecule has 0 radical (unpaired) electrons. The highest BCUT2D eigenvalue weighted by Gasteiger charge is 2.02. The number of rotatable bonds is 4. The van der Waals surface area contributed by atoms with E-state index in [2.05, 4.69) is 42.6 Å². The molecule has 0 unspecified atom stereocenters. The van der Waals surface area contributed by atoms with Gasteiger partial charge in [-0.25, -0.2) is 0 Å². The number of anilines is 1. The third-order valence-corrected chi connectivity index (χ3v) is 3.38. The molecule has 0 spiro atoms. The molecule has 0 saturated heterocycles. The molecule has 0 aliphatic heterocycles. The van der Waals surface area contributed by atoms with Crippen molar-refractivity contribution in [1.29, 1.82) is 5.26 Å². The first kappa shape index (κ1) is 13.5. The van der Waals surface area contributed by atoms with E-state index >= 15 is 0 Å². The number of aryl methyl sites for hydroxylation is 1. The number of hydrogen-bond donors (Lipinski definition) is 1. The van der Waals surface area contributed by atoms with E-state index < -0.39 is 0 Å². The molecule has 0 bridgehead atoms. The molecule has 19 heavy (non-hydrogen) atoms. The lowest BCUT2D eigenvalue weighted by Gasteiger charge is -2.09. The molecule has 0 fully saturated rings. The molecule has 0 amide bonds. The maximum atomic E-state index is 8.79. The van der Waals surface area contributed by atoms with Gasteiger partial charge in [-0.1, -0.05) is 36.7 Å². The Balaban J connectivity index is 2.04. The molecule has 3 heteroatoms. The second-order valence-electron chi connectivity index (χ2n) is 4.32. The number of nitrogens with zero attached hydrogens (tertiary/aromatic N) is 1. The lowest BCUT2D eigenvalue weighted by molar-refractivity contribution is 1.12. The molecular weight excluding hydrogens is 256 g/mol. The zero-order chi connectivity index (χ0) is 13.7. The summed E-state index contributed by atoms with van der Waals surface area (Å²) in [5.41, 5.74) is 3.96. The molecule has 0 saturated carbocycles.